The summed E-state index contributed by atoms with van der Waals surface area (Å²) in [6, 6.07) is 12.3. The van der Waals surface area contributed by atoms with Crippen LogP contribution in [-0.4, -0.2) is 47.0 Å². The van der Waals surface area contributed by atoms with E-state index in [2.05, 4.69) is 39.1 Å². The highest BCUT2D eigenvalue weighted by molar-refractivity contribution is 6.03. The molecule has 1 aromatic heterocycles. The highest BCUT2D eigenvalue weighted by Crippen LogP contribution is 2.41. The molecule has 1 aromatic carbocycles. The van der Waals surface area contributed by atoms with Crippen molar-refractivity contribution in [2.75, 3.05) is 31.1 Å². The van der Waals surface area contributed by atoms with E-state index in [9.17, 15) is 4.79 Å². The molecule has 1 unspecified atom stereocenters. The third kappa shape index (κ3) is 2.80. The lowest BCUT2D eigenvalue weighted by atomic mass is 9.72. The van der Waals surface area contributed by atoms with Crippen LogP contribution in [0.5, 0.6) is 0 Å². The second kappa shape index (κ2) is 6.32. The van der Waals surface area contributed by atoms with Crippen LogP contribution in [0.25, 0.3) is 0 Å². The Morgan fingerprint density at radius 3 is 2.58 bits per heavy atom. The Kier molecular flexibility index (Phi) is 4.02. The number of anilines is 1. The molecule has 2 aromatic rings. The van der Waals surface area contributed by atoms with Crippen molar-refractivity contribution in [2.45, 2.75) is 19.3 Å². The fourth-order valence-electron chi connectivity index (χ4n) is 3.88. The van der Waals surface area contributed by atoms with Gasteiger partial charge in [-0.25, -0.2) is 9.97 Å². The number of hydrogen-bond acceptors (Lipinski definition) is 4. The number of benzene rings is 1. The number of piperidine rings is 1. The highest BCUT2D eigenvalue weighted by Gasteiger charge is 2.54. The maximum atomic E-state index is 12.8. The van der Waals surface area contributed by atoms with E-state index < -0.39 is 0 Å². The van der Waals surface area contributed by atoms with Gasteiger partial charge in [-0.15, -0.1) is 0 Å². The molecule has 1 spiro atoms. The molecule has 4 rings (SSSR count). The van der Waals surface area contributed by atoms with Gasteiger partial charge < -0.3 is 4.90 Å². The lowest BCUT2D eigenvalue weighted by Gasteiger charge is -2.52. The molecule has 2 aliphatic heterocycles. The summed E-state index contributed by atoms with van der Waals surface area (Å²) in [7, 11) is 0. The second-order valence-corrected chi connectivity index (χ2v) is 6.84. The number of amides is 1. The van der Waals surface area contributed by atoms with Crippen molar-refractivity contribution in [1.29, 1.82) is 0 Å². The van der Waals surface area contributed by atoms with Gasteiger partial charge in [0, 0.05) is 32.0 Å². The van der Waals surface area contributed by atoms with Gasteiger partial charge in [0.15, 0.2) is 0 Å². The first-order valence-electron chi connectivity index (χ1n) is 8.62. The van der Waals surface area contributed by atoms with E-state index in [4.69, 9.17) is 0 Å². The number of carbonyl (C=O) groups is 1. The Labute approximate surface area is 142 Å². The fourth-order valence-corrected chi connectivity index (χ4v) is 3.88. The van der Waals surface area contributed by atoms with Gasteiger partial charge in [0.2, 0.25) is 11.9 Å². The predicted molar refractivity (Wildman–Crippen MR) is 92.6 cm³/mol. The van der Waals surface area contributed by atoms with Gasteiger partial charge in [-0.05, 0) is 37.4 Å². The Morgan fingerprint density at radius 1 is 1.04 bits per heavy atom. The van der Waals surface area contributed by atoms with E-state index >= 15 is 0 Å². The topological polar surface area (TPSA) is 49.3 Å². The summed E-state index contributed by atoms with van der Waals surface area (Å²) in [4.78, 5) is 25.4. The Bertz CT molecular complexity index is 706. The molecule has 5 heteroatoms. The Hall–Kier alpha value is -2.27. The monoisotopic (exact) mass is 322 g/mol. The quantitative estimate of drug-likeness (QED) is 0.809. The van der Waals surface area contributed by atoms with Crippen LogP contribution in [0.3, 0.4) is 0 Å². The van der Waals surface area contributed by atoms with Crippen molar-refractivity contribution in [3.63, 3.8) is 0 Å². The van der Waals surface area contributed by atoms with Crippen LogP contribution in [-0.2, 0) is 11.2 Å². The molecule has 1 amide bonds. The molecule has 124 valence electrons. The Morgan fingerprint density at radius 2 is 1.83 bits per heavy atom. The third-order valence-electron chi connectivity index (χ3n) is 5.17. The molecular weight excluding hydrogens is 300 g/mol. The fraction of sp³-hybridized carbons (Fsp3) is 0.421. The molecule has 0 radical (unpaired) electrons. The van der Waals surface area contributed by atoms with Gasteiger partial charge in [0.25, 0.3) is 0 Å². The van der Waals surface area contributed by atoms with Crippen molar-refractivity contribution in [1.82, 2.24) is 14.9 Å². The summed E-state index contributed by atoms with van der Waals surface area (Å²) < 4.78 is 0. The molecule has 1 atom stereocenters. The summed E-state index contributed by atoms with van der Waals surface area (Å²) in [6.07, 6.45) is 6.49. The van der Waals surface area contributed by atoms with Crippen molar-refractivity contribution in [3.8, 4) is 0 Å². The zero-order chi connectivity index (χ0) is 16.4. The maximum Gasteiger partial charge on any atom is 0.238 e. The minimum absolute atomic E-state index is 0.193. The van der Waals surface area contributed by atoms with Crippen LogP contribution in [0, 0.1) is 5.41 Å². The zero-order valence-electron chi connectivity index (χ0n) is 13.8. The van der Waals surface area contributed by atoms with E-state index in [0.717, 1.165) is 45.4 Å². The summed E-state index contributed by atoms with van der Waals surface area (Å²) in [5.41, 5.74) is 1.14. The average molecular weight is 322 g/mol. The number of β-lactam (4-membered cyclic amide) rings is 1. The minimum atomic E-state index is -0.214. The van der Waals surface area contributed by atoms with Crippen molar-refractivity contribution in [3.05, 3.63) is 54.4 Å². The number of hydrogen-bond donors (Lipinski definition) is 0. The Balaban J connectivity index is 1.38. The van der Waals surface area contributed by atoms with Gasteiger partial charge in [-0.3, -0.25) is 9.69 Å². The molecule has 2 saturated heterocycles. The smallest absolute Gasteiger partial charge is 0.238 e. The number of carbonyl (C=O) groups excluding carboxylic acids is 1. The van der Waals surface area contributed by atoms with Gasteiger partial charge in [0.1, 0.15) is 0 Å². The maximum absolute atomic E-state index is 12.8. The standard InChI is InChI=1S/C19H22N4O/c24-17-19(15-23(17)18-20-10-5-11-21-18)9-4-12-22(14-19)13-8-16-6-2-1-3-7-16/h1-3,5-7,10-11H,4,8-9,12-15H2. The number of nitrogens with zero attached hydrogens (tertiary/aromatic N) is 4. The van der Waals surface area contributed by atoms with Crippen LogP contribution in [0.15, 0.2) is 48.8 Å². The first-order valence-corrected chi connectivity index (χ1v) is 8.62. The van der Waals surface area contributed by atoms with Crippen LogP contribution in [0.4, 0.5) is 5.95 Å². The van der Waals surface area contributed by atoms with Gasteiger partial charge >= 0.3 is 0 Å². The zero-order valence-corrected chi connectivity index (χ0v) is 13.8. The first kappa shape index (κ1) is 15.3. The van der Waals surface area contributed by atoms with Crippen LogP contribution in [0.1, 0.15) is 18.4 Å². The second-order valence-electron chi connectivity index (χ2n) is 6.84. The molecule has 24 heavy (non-hydrogen) atoms. The predicted octanol–water partition coefficient (Wildman–Crippen LogP) is 2.15. The van der Waals surface area contributed by atoms with Crippen molar-refractivity contribution >= 4 is 11.9 Å². The van der Waals surface area contributed by atoms with E-state index in [1.165, 1.54) is 5.56 Å². The third-order valence-corrected chi connectivity index (χ3v) is 5.17. The SMILES string of the molecule is O=C1N(c2ncccn2)CC12CCCN(CCc1ccccc1)C2. The average Bonchev–Trinajstić information content (AvgIpc) is 2.66. The van der Waals surface area contributed by atoms with Crippen LogP contribution >= 0.6 is 0 Å². The largest absolute Gasteiger partial charge is 0.302 e. The molecule has 2 aliphatic rings. The molecule has 2 fully saturated rings. The van der Waals surface area contributed by atoms with Gasteiger partial charge in [0.05, 0.1) is 5.41 Å². The molecule has 3 heterocycles. The summed E-state index contributed by atoms with van der Waals surface area (Å²) in [5.74, 6) is 0.729. The van der Waals surface area contributed by atoms with E-state index in [-0.39, 0.29) is 11.3 Å². The lowest BCUT2D eigenvalue weighted by Crippen LogP contribution is -2.67. The number of aromatic nitrogens is 2. The molecule has 5 nitrogen and oxygen atoms in total. The van der Waals surface area contributed by atoms with E-state index in [1.54, 1.807) is 23.4 Å². The normalized spacial score (nSPS) is 24.2. The summed E-state index contributed by atoms with van der Waals surface area (Å²) in [5, 5.41) is 0. The van der Waals surface area contributed by atoms with E-state index in [0.29, 0.717) is 5.95 Å². The van der Waals surface area contributed by atoms with Gasteiger partial charge in [-0.1, -0.05) is 30.3 Å². The van der Waals surface area contributed by atoms with E-state index in [1.807, 2.05) is 6.07 Å². The minimum Gasteiger partial charge on any atom is -0.302 e. The number of likely N-dealkylation sites (tertiary alicyclic amines) is 1. The van der Waals surface area contributed by atoms with Crippen molar-refractivity contribution in [2.24, 2.45) is 5.41 Å². The number of rotatable bonds is 4. The molecule has 0 aliphatic carbocycles. The first-order chi connectivity index (χ1) is 11.8. The van der Waals surface area contributed by atoms with Crippen molar-refractivity contribution < 1.29 is 4.79 Å². The molecule has 0 bridgehead atoms. The summed E-state index contributed by atoms with van der Waals surface area (Å²) >= 11 is 0. The summed E-state index contributed by atoms with van der Waals surface area (Å²) in [6.45, 7) is 3.71. The molecular formula is C19H22N4O. The molecule has 0 N–H and O–H groups in total. The lowest BCUT2D eigenvalue weighted by molar-refractivity contribution is -0.139. The van der Waals surface area contributed by atoms with Crippen LogP contribution in [0.2, 0.25) is 0 Å². The van der Waals surface area contributed by atoms with Gasteiger partial charge in [-0.2, -0.15) is 0 Å². The molecule has 0 saturated carbocycles. The highest BCUT2D eigenvalue weighted by atomic mass is 16.2. The van der Waals surface area contributed by atoms with Crippen LogP contribution < -0.4 is 4.90 Å².